The second kappa shape index (κ2) is 10.6. The third kappa shape index (κ3) is 6.20. The summed E-state index contributed by atoms with van der Waals surface area (Å²) < 4.78 is 4.96. The Labute approximate surface area is 158 Å². The van der Waals surface area contributed by atoms with Gasteiger partial charge in [0.05, 0.1) is 18.5 Å². The number of benzene rings is 2. The normalized spacial score (nSPS) is 11.6. The maximum atomic E-state index is 12.6. The Morgan fingerprint density at radius 2 is 1.69 bits per heavy atom. The van der Waals surface area contributed by atoms with Crippen molar-refractivity contribution in [3.8, 4) is 0 Å². The molecule has 0 aliphatic heterocycles. The van der Waals surface area contributed by atoms with E-state index < -0.39 is 12.1 Å². The van der Waals surface area contributed by atoms with E-state index in [1.807, 2.05) is 48.5 Å². The summed E-state index contributed by atoms with van der Waals surface area (Å²) in [6, 6.07) is 18.4. The summed E-state index contributed by atoms with van der Waals surface area (Å²) in [4.78, 5) is 25.9. The number of esters is 1. The van der Waals surface area contributed by atoms with Crippen LogP contribution in [0.25, 0.3) is 0 Å². The van der Waals surface area contributed by atoms with Crippen molar-refractivity contribution in [2.24, 2.45) is 0 Å². The lowest BCUT2D eigenvalue weighted by Crippen LogP contribution is -2.37. The van der Waals surface area contributed by atoms with E-state index in [0.29, 0.717) is 11.4 Å². The molecular formula is C20H23NO4S. The Morgan fingerprint density at radius 1 is 1.08 bits per heavy atom. The maximum absolute atomic E-state index is 12.6. The van der Waals surface area contributed by atoms with Gasteiger partial charge in [0.2, 0.25) is 5.91 Å². The number of aliphatic hydroxyl groups is 1. The molecule has 0 saturated carbocycles. The molecule has 1 atom stereocenters. The lowest BCUT2D eigenvalue weighted by atomic mass is 10.1. The van der Waals surface area contributed by atoms with Crippen molar-refractivity contribution in [2.45, 2.75) is 13.0 Å². The van der Waals surface area contributed by atoms with Crippen molar-refractivity contribution in [3.63, 3.8) is 0 Å². The lowest BCUT2D eigenvalue weighted by Gasteiger charge is -2.22. The number of anilines is 1. The highest BCUT2D eigenvalue weighted by molar-refractivity contribution is 8.00. The van der Waals surface area contributed by atoms with Crippen molar-refractivity contribution < 1.29 is 19.4 Å². The van der Waals surface area contributed by atoms with E-state index in [1.165, 1.54) is 16.7 Å². The van der Waals surface area contributed by atoms with E-state index in [1.54, 1.807) is 19.1 Å². The number of amides is 1. The van der Waals surface area contributed by atoms with Crippen molar-refractivity contribution in [1.29, 1.82) is 0 Å². The monoisotopic (exact) mass is 373 g/mol. The minimum Gasteiger partial charge on any atom is -0.465 e. The van der Waals surface area contributed by atoms with Gasteiger partial charge in [-0.1, -0.05) is 48.5 Å². The van der Waals surface area contributed by atoms with E-state index in [-0.39, 0.29) is 24.8 Å². The predicted molar refractivity (Wildman–Crippen MR) is 104 cm³/mol. The van der Waals surface area contributed by atoms with Gasteiger partial charge in [-0.3, -0.25) is 9.59 Å². The Hall–Kier alpha value is -2.31. The van der Waals surface area contributed by atoms with Gasteiger partial charge < -0.3 is 14.7 Å². The fraction of sp³-hybridized carbons (Fsp3) is 0.300. The molecule has 2 aromatic carbocycles. The zero-order valence-electron chi connectivity index (χ0n) is 14.7. The van der Waals surface area contributed by atoms with Crippen LogP contribution in [-0.2, 0) is 14.3 Å². The number of para-hydroxylation sites is 1. The van der Waals surface area contributed by atoms with Crippen LogP contribution in [0.5, 0.6) is 0 Å². The number of carbonyl (C=O) groups excluding carboxylic acids is 2. The minimum atomic E-state index is -0.635. The zero-order valence-corrected chi connectivity index (χ0v) is 15.5. The van der Waals surface area contributed by atoms with Crippen molar-refractivity contribution in [2.75, 3.05) is 29.6 Å². The van der Waals surface area contributed by atoms with Gasteiger partial charge in [-0.25, -0.2) is 0 Å². The Morgan fingerprint density at radius 3 is 2.31 bits per heavy atom. The van der Waals surface area contributed by atoms with Crippen LogP contribution in [0.1, 0.15) is 18.6 Å². The smallest absolute Gasteiger partial charge is 0.326 e. The number of rotatable bonds is 9. The number of hydrogen-bond acceptors (Lipinski definition) is 5. The van der Waals surface area contributed by atoms with Crippen LogP contribution in [0, 0.1) is 0 Å². The molecule has 1 N–H and O–H groups in total. The van der Waals surface area contributed by atoms with Crippen LogP contribution < -0.4 is 4.90 Å². The van der Waals surface area contributed by atoms with Gasteiger partial charge in [0.1, 0.15) is 6.54 Å². The SMILES string of the molecule is CCOC(=O)CN(C(=O)CSCC(O)c1ccccc1)c1ccccc1. The van der Waals surface area contributed by atoms with Crippen LogP contribution in [0.15, 0.2) is 60.7 Å². The average Bonchev–Trinajstić information content (AvgIpc) is 2.67. The van der Waals surface area contributed by atoms with Crippen molar-refractivity contribution in [1.82, 2.24) is 0 Å². The van der Waals surface area contributed by atoms with Gasteiger partial charge in [0, 0.05) is 11.4 Å². The summed E-state index contributed by atoms with van der Waals surface area (Å²) in [7, 11) is 0. The molecule has 0 heterocycles. The van der Waals surface area contributed by atoms with E-state index in [0.717, 1.165) is 5.56 Å². The standard InChI is InChI=1S/C20H23NO4S/c1-2-25-20(24)13-21(17-11-7-4-8-12-17)19(23)15-26-14-18(22)16-9-5-3-6-10-16/h3-12,18,22H,2,13-15H2,1H3. The third-order valence-corrected chi connectivity index (χ3v) is 4.65. The fourth-order valence-electron chi connectivity index (χ4n) is 2.37. The number of thioether (sulfide) groups is 1. The topological polar surface area (TPSA) is 66.8 Å². The number of ether oxygens (including phenoxy) is 1. The van der Waals surface area contributed by atoms with Gasteiger partial charge in [0.25, 0.3) is 0 Å². The van der Waals surface area contributed by atoms with Crippen molar-refractivity contribution >= 4 is 29.3 Å². The molecule has 5 nitrogen and oxygen atoms in total. The highest BCUT2D eigenvalue weighted by Crippen LogP contribution is 2.20. The Kier molecular flexibility index (Phi) is 8.18. The molecule has 0 radical (unpaired) electrons. The lowest BCUT2D eigenvalue weighted by molar-refractivity contribution is -0.142. The number of nitrogens with zero attached hydrogens (tertiary/aromatic N) is 1. The van der Waals surface area contributed by atoms with E-state index >= 15 is 0 Å². The summed E-state index contributed by atoms with van der Waals surface area (Å²) in [6.07, 6.45) is -0.635. The van der Waals surface area contributed by atoms with E-state index in [9.17, 15) is 14.7 Å². The molecule has 0 aromatic heterocycles. The number of aliphatic hydroxyl groups excluding tert-OH is 1. The first-order valence-electron chi connectivity index (χ1n) is 8.43. The van der Waals surface area contributed by atoms with Gasteiger partial charge in [-0.2, -0.15) is 0 Å². The van der Waals surface area contributed by atoms with Gasteiger partial charge in [0.15, 0.2) is 0 Å². The van der Waals surface area contributed by atoms with Crippen molar-refractivity contribution in [3.05, 3.63) is 66.2 Å². The maximum Gasteiger partial charge on any atom is 0.326 e. The molecule has 1 amide bonds. The highest BCUT2D eigenvalue weighted by atomic mass is 32.2. The minimum absolute atomic E-state index is 0.127. The molecule has 0 fully saturated rings. The first-order valence-corrected chi connectivity index (χ1v) is 9.59. The summed E-state index contributed by atoms with van der Waals surface area (Å²) in [5, 5.41) is 10.2. The zero-order chi connectivity index (χ0) is 18.8. The van der Waals surface area contributed by atoms with Crippen LogP contribution in [-0.4, -0.2) is 41.6 Å². The molecule has 0 aliphatic carbocycles. The summed E-state index contributed by atoms with van der Waals surface area (Å²) in [5.74, 6) is -0.0794. The second-order valence-corrected chi connectivity index (χ2v) is 6.59. The van der Waals surface area contributed by atoms with Gasteiger partial charge in [-0.05, 0) is 24.6 Å². The number of carbonyl (C=O) groups is 2. The Bertz CT molecular complexity index is 693. The molecule has 0 bridgehead atoms. The fourth-order valence-corrected chi connectivity index (χ4v) is 3.24. The summed E-state index contributed by atoms with van der Waals surface area (Å²) in [6.45, 7) is 1.87. The number of hydrogen-bond donors (Lipinski definition) is 1. The molecule has 2 aromatic rings. The Balaban J connectivity index is 1.94. The van der Waals surface area contributed by atoms with Crippen LogP contribution in [0.2, 0.25) is 0 Å². The molecule has 1 unspecified atom stereocenters. The highest BCUT2D eigenvalue weighted by Gasteiger charge is 2.20. The molecule has 6 heteroatoms. The quantitative estimate of drug-likeness (QED) is 0.685. The van der Waals surface area contributed by atoms with Crippen LogP contribution in [0.3, 0.4) is 0 Å². The largest absolute Gasteiger partial charge is 0.465 e. The van der Waals surface area contributed by atoms with Gasteiger partial charge >= 0.3 is 5.97 Å². The van der Waals surface area contributed by atoms with Crippen LogP contribution in [0.4, 0.5) is 5.69 Å². The molecule has 0 spiro atoms. The molecule has 0 saturated heterocycles. The van der Waals surface area contributed by atoms with Gasteiger partial charge in [-0.15, -0.1) is 11.8 Å². The summed E-state index contributed by atoms with van der Waals surface area (Å²) >= 11 is 1.33. The first kappa shape index (κ1) is 20.0. The van der Waals surface area contributed by atoms with E-state index in [2.05, 4.69) is 0 Å². The van der Waals surface area contributed by atoms with Crippen LogP contribution >= 0.6 is 11.8 Å². The summed E-state index contributed by atoms with van der Waals surface area (Å²) in [5.41, 5.74) is 1.47. The molecular weight excluding hydrogens is 350 g/mol. The molecule has 138 valence electrons. The first-order chi connectivity index (χ1) is 12.6. The average molecular weight is 373 g/mol. The van der Waals surface area contributed by atoms with E-state index in [4.69, 9.17) is 4.74 Å². The second-order valence-electron chi connectivity index (χ2n) is 5.56. The third-order valence-electron chi connectivity index (χ3n) is 3.65. The molecule has 0 aliphatic rings. The predicted octanol–water partition coefficient (Wildman–Crippen LogP) is 3.05. The molecule has 2 rings (SSSR count). The molecule has 26 heavy (non-hydrogen) atoms.